The minimum atomic E-state index is -3.39. The van der Waals surface area contributed by atoms with Crippen LogP contribution in [0.4, 0.5) is 0 Å². The van der Waals surface area contributed by atoms with Gasteiger partial charge in [0, 0.05) is 0 Å². The molecular weight excluding hydrogens is 266 g/mol. The number of sulfonamides is 1. The van der Waals surface area contributed by atoms with Crippen molar-refractivity contribution in [1.29, 1.82) is 0 Å². The van der Waals surface area contributed by atoms with Gasteiger partial charge in [-0.3, -0.25) is 0 Å². The van der Waals surface area contributed by atoms with E-state index in [0.29, 0.717) is 4.21 Å². The Hall–Kier alpha value is -1.17. The highest BCUT2D eigenvalue weighted by molar-refractivity contribution is 7.91. The number of thiophene rings is 1. The van der Waals surface area contributed by atoms with Crippen LogP contribution in [0.25, 0.3) is 0 Å². The van der Waals surface area contributed by atoms with E-state index in [1.54, 1.807) is 17.5 Å². The monoisotopic (exact) mass is 279 g/mol. The van der Waals surface area contributed by atoms with Crippen molar-refractivity contribution in [2.24, 2.45) is 0 Å². The van der Waals surface area contributed by atoms with Gasteiger partial charge in [-0.25, -0.2) is 8.42 Å². The molecule has 0 saturated heterocycles. The zero-order valence-electron chi connectivity index (χ0n) is 9.67. The first-order chi connectivity index (χ1) is 8.62. The lowest BCUT2D eigenvalue weighted by atomic mass is 10.1. The van der Waals surface area contributed by atoms with E-state index in [-0.39, 0.29) is 5.54 Å². The Bertz CT molecular complexity index is 629. The summed E-state index contributed by atoms with van der Waals surface area (Å²) in [4.78, 5) is 0. The average Bonchev–Trinajstić information content (AvgIpc) is 2.94. The second kappa shape index (κ2) is 4.19. The van der Waals surface area contributed by atoms with Gasteiger partial charge in [0.05, 0.1) is 5.54 Å². The lowest BCUT2D eigenvalue weighted by molar-refractivity contribution is 0.553. The molecular formula is C13H13NO2S2. The third kappa shape index (κ3) is 2.09. The summed E-state index contributed by atoms with van der Waals surface area (Å²) in [5, 5.41) is 1.77. The van der Waals surface area contributed by atoms with Crippen LogP contribution in [0, 0.1) is 0 Å². The van der Waals surface area contributed by atoms with E-state index in [0.717, 1.165) is 18.4 Å². The first-order valence-electron chi connectivity index (χ1n) is 5.75. The van der Waals surface area contributed by atoms with Gasteiger partial charge >= 0.3 is 0 Å². The van der Waals surface area contributed by atoms with Gasteiger partial charge in [-0.1, -0.05) is 36.4 Å². The molecule has 0 spiro atoms. The van der Waals surface area contributed by atoms with Crippen LogP contribution in [-0.4, -0.2) is 8.42 Å². The molecule has 1 fully saturated rings. The second-order valence-corrected chi connectivity index (χ2v) is 7.34. The molecule has 0 atom stereocenters. The second-order valence-electron chi connectivity index (χ2n) is 4.49. The Morgan fingerprint density at radius 3 is 2.33 bits per heavy atom. The standard InChI is InChI=1S/C13H13NO2S2/c15-18(16,12-7-4-10-17-12)14-13(8-9-13)11-5-2-1-3-6-11/h1-7,10,14H,8-9H2. The molecule has 1 N–H and O–H groups in total. The van der Waals surface area contributed by atoms with E-state index in [4.69, 9.17) is 0 Å². The van der Waals surface area contributed by atoms with Crippen molar-refractivity contribution in [3.05, 3.63) is 53.4 Å². The summed E-state index contributed by atoms with van der Waals surface area (Å²) in [6.45, 7) is 0. The highest BCUT2D eigenvalue weighted by Crippen LogP contribution is 2.46. The number of benzene rings is 1. The van der Waals surface area contributed by atoms with Gasteiger partial charge < -0.3 is 0 Å². The van der Waals surface area contributed by atoms with Gasteiger partial charge in [0.2, 0.25) is 0 Å². The summed E-state index contributed by atoms with van der Waals surface area (Å²) in [6.07, 6.45) is 1.73. The van der Waals surface area contributed by atoms with Gasteiger partial charge in [-0.15, -0.1) is 11.3 Å². The maximum Gasteiger partial charge on any atom is 0.250 e. The van der Waals surface area contributed by atoms with Crippen molar-refractivity contribution in [2.45, 2.75) is 22.6 Å². The Labute approximate surface area is 111 Å². The molecule has 1 saturated carbocycles. The summed E-state index contributed by atoms with van der Waals surface area (Å²) in [5.41, 5.74) is 0.662. The molecule has 0 radical (unpaired) electrons. The first-order valence-corrected chi connectivity index (χ1v) is 8.12. The van der Waals surface area contributed by atoms with Gasteiger partial charge in [0.25, 0.3) is 10.0 Å². The predicted molar refractivity (Wildman–Crippen MR) is 72.0 cm³/mol. The molecule has 18 heavy (non-hydrogen) atoms. The van der Waals surface area contributed by atoms with E-state index in [1.165, 1.54) is 11.3 Å². The summed E-state index contributed by atoms with van der Waals surface area (Å²) >= 11 is 1.24. The van der Waals surface area contributed by atoms with Crippen LogP contribution in [0.1, 0.15) is 18.4 Å². The van der Waals surface area contributed by atoms with E-state index in [2.05, 4.69) is 4.72 Å². The van der Waals surface area contributed by atoms with E-state index in [9.17, 15) is 8.42 Å². The van der Waals surface area contributed by atoms with Gasteiger partial charge in [0.1, 0.15) is 4.21 Å². The smallest absolute Gasteiger partial charge is 0.206 e. The summed E-state index contributed by atoms with van der Waals surface area (Å²) in [7, 11) is -3.39. The van der Waals surface area contributed by atoms with Crippen LogP contribution in [0.3, 0.4) is 0 Å². The van der Waals surface area contributed by atoms with Crippen molar-refractivity contribution in [3.8, 4) is 0 Å². The molecule has 0 bridgehead atoms. The van der Waals surface area contributed by atoms with Crippen LogP contribution in [0.15, 0.2) is 52.1 Å². The van der Waals surface area contributed by atoms with E-state index in [1.807, 2.05) is 30.3 Å². The molecule has 3 nitrogen and oxygen atoms in total. The third-order valence-corrected chi connectivity index (χ3v) is 6.10. The fraction of sp³-hybridized carbons (Fsp3) is 0.231. The quantitative estimate of drug-likeness (QED) is 0.935. The zero-order valence-corrected chi connectivity index (χ0v) is 11.3. The maximum absolute atomic E-state index is 12.2. The van der Waals surface area contributed by atoms with Crippen molar-refractivity contribution in [2.75, 3.05) is 0 Å². The van der Waals surface area contributed by atoms with Crippen LogP contribution in [0.2, 0.25) is 0 Å². The summed E-state index contributed by atoms with van der Waals surface area (Å²) in [5.74, 6) is 0. The SMILES string of the molecule is O=S(=O)(NC1(c2ccccc2)CC1)c1cccs1. The molecule has 5 heteroatoms. The topological polar surface area (TPSA) is 46.2 Å². The van der Waals surface area contributed by atoms with Crippen LogP contribution < -0.4 is 4.72 Å². The van der Waals surface area contributed by atoms with E-state index < -0.39 is 10.0 Å². The van der Waals surface area contributed by atoms with Crippen molar-refractivity contribution < 1.29 is 8.42 Å². The number of nitrogens with one attached hydrogen (secondary N) is 1. The summed E-state index contributed by atoms with van der Waals surface area (Å²) < 4.78 is 27.7. The lowest BCUT2D eigenvalue weighted by Crippen LogP contribution is -2.34. The molecule has 0 amide bonds. The average molecular weight is 279 g/mol. The van der Waals surface area contributed by atoms with Crippen LogP contribution in [0.5, 0.6) is 0 Å². The molecule has 1 aliphatic rings. The molecule has 1 aliphatic carbocycles. The largest absolute Gasteiger partial charge is 0.250 e. The predicted octanol–water partition coefficient (Wildman–Crippen LogP) is 2.72. The molecule has 0 aliphatic heterocycles. The van der Waals surface area contributed by atoms with E-state index >= 15 is 0 Å². The zero-order chi connectivity index (χ0) is 12.6. The molecule has 94 valence electrons. The van der Waals surface area contributed by atoms with Crippen molar-refractivity contribution >= 4 is 21.4 Å². The van der Waals surface area contributed by atoms with Crippen molar-refractivity contribution in [1.82, 2.24) is 4.72 Å². The highest BCUT2D eigenvalue weighted by atomic mass is 32.2. The minimum Gasteiger partial charge on any atom is -0.206 e. The third-order valence-electron chi connectivity index (χ3n) is 3.17. The highest BCUT2D eigenvalue weighted by Gasteiger charge is 2.47. The first kappa shape index (κ1) is 11.9. The molecule has 1 heterocycles. The van der Waals surface area contributed by atoms with Crippen LogP contribution in [-0.2, 0) is 15.6 Å². The molecule has 0 unspecified atom stereocenters. The van der Waals surface area contributed by atoms with Crippen LogP contribution >= 0.6 is 11.3 Å². The van der Waals surface area contributed by atoms with Crippen molar-refractivity contribution in [3.63, 3.8) is 0 Å². The minimum absolute atomic E-state index is 0.379. The number of hydrogen-bond acceptors (Lipinski definition) is 3. The fourth-order valence-electron chi connectivity index (χ4n) is 2.06. The number of hydrogen-bond donors (Lipinski definition) is 1. The Morgan fingerprint density at radius 1 is 1.06 bits per heavy atom. The van der Waals surface area contributed by atoms with Gasteiger partial charge in [0.15, 0.2) is 0 Å². The fourth-order valence-corrected chi connectivity index (χ4v) is 4.50. The lowest BCUT2D eigenvalue weighted by Gasteiger charge is -2.17. The van der Waals surface area contributed by atoms with Gasteiger partial charge in [-0.05, 0) is 29.9 Å². The maximum atomic E-state index is 12.2. The van der Waals surface area contributed by atoms with Gasteiger partial charge in [-0.2, -0.15) is 4.72 Å². The Morgan fingerprint density at radius 2 is 1.78 bits per heavy atom. The Kier molecular flexibility index (Phi) is 2.77. The Balaban J connectivity index is 1.90. The molecule has 2 aromatic rings. The molecule has 1 aromatic carbocycles. The molecule has 1 aromatic heterocycles. The summed E-state index contributed by atoms with van der Waals surface area (Å²) in [6, 6.07) is 13.2. The number of rotatable bonds is 4. The molecule has 3 rings (SSSR count). The normalized spacial score (nSPS) is 17.6.